The lowest BCUT2D eigenvalue weighted by molar-refractivity contribution is -0.143. The van der Waals surface area contributed by atoms with Gasteiger partial charge in [0.05, 0.1) is 12.8 Å². The summed E-state index contributed by atoms with van der Waals surface area (Å²) in [6.45, 7) is 2.14. The maximum atomic E-state index is 11.5. The van der Waals surface area contributed by atoms with Gasteiger partial charge in [0.15, 0.2) is 0 Å². The molecule has 1 heterocycles. The van der Waals surface area contributed by atoms with Crippen LogP contribution in [0, 0.1) is 17.8 Å². The molecular formula is C14H20O4. The number of ether oxygens (including phenoxy) is 1. The van der Waals surface area contributed by atoms with Crippen molar-refractivity contribution in [1.82, 2.24) is 0 Å². The second kappa shape index (κ2) is 5.55. The number of esters is 1. The maximum absolute atomic E-state index is 11.5. The van der Waals surface area contributed by atoms with Crippen LogP contribution in [0.25, 0.3) is 0 Å². The molecule has 1 aliphatic heterocycles. The zero-order chi connectivity index (χ0) is 13.1. The highest BCUT2D eigenvalue weighted by Crippen LogP contribution is 2.41. The summed E-state index contributed by atoms with van der Waals surface area (Å²) in [5.74, 6) is -0.718. The molecule has 4 heteroatoms. The molecule has 0 amide bonds. The van der Waals surface area contributed by atoms with E-state index < -0.39 is 5.97 Å². The Morgan fingerprint density at radius 2 is 2.17 bits per heavy atom. The molecular weight excluding hydrogens is 232 g/mol. The summed E-state index contributed by atoms with van der Waals surface area (Å²) in [6.07, 6.45) is 7.65. The molecule has 100 valence electrons. The lowest BCUT2D eigenvalue weighted by Crippen LogP contribution is -2.34. The van der Waals surface area contributed by atoms with Crippen LogP contribution in [0.15, 0.2) is 12.2 Å². The van der Waals surface area contributed by atoms with Gasteiger partial charge in [0.1, 0.15) is 6.10 Å². The van der Waals surface area contributed by atoms with Crippen LogP contribution in [0.5, 0.6) is 0 Å². The van der Waals surface area contributed by atoms with Gasteiger partial charge in [0, 0.05) is 11.8 Å². The van der Waals surface area contributed by atoms with Crippen LogP contribution in [-0.4, -0.2) is 23.1 Å². The second-order valence-corrected chi connectivity index (χ2v) is 5.28. The molecule has 4 nitrogen and oxygen atoms in total. The van der Waals surface area contributed by atoms with E-state index in [1.165, 1.54) is 0 Å². The molecule has 0 aromatic carbocycles. The first-order valence-corrected chi connectivity index (χ1v) is 6.71. The van der Waals surface area contributed by atoms with Crippen molar-refractivity contribution in [1.29, 1.82) is 0 Å². The largest absolute Gasteiger partial charge is 0.481 e. The van der Waals surface area contributed by atoms with E-state index in [2.05, 4.69) is 13.0 Å². The summed E-state index contributed by atoms with van der Waals surface area (Å²) >= 11 is 0. The average molecular weight is 252 g/mol. The summed E-state index contributed by atoms with van der Waals surface area (Å²) in [5.41, 5.74) is 0. The van der Waals surface area contributed by atoms with Crippen molar-refractivity contribution in [3.63, 3.8) is 0 Å². The first kappa shape index (κ1) is 13.1. The Morgan fingerprint density at radius 3 is 2.83 bits per heavy atom. The number of allylic oxidation sites excluding steroid dienone is 1. The van der Waals surface area contributed by atoms with Crippen LogP contribution in [-0.2, 0) is 14.3 Å². The van der Waals surface area contributed by atoms with Crippen molar-refractivity contribution < 1.29 is 19.4 Å². The topological polar surface area (TPSA) is 63.6 Å². The Hall–Kier alpha value is -1.32. The molecule has 0 spiro atoms. The Labute approximate surface area is 107 Å². The standard InChI is InChI=1S/C14H20O4/c1-2-3-4-9-5-6-10(7-12(15)16)11-8-13(17)18-14(9)11/h5-6,9-11,14H,2-4,7-8H2,1H3,(H,15,16)/t9-,10+,11-,14+/m1/s1. The number of carbonyl (C=O) groups excluding carboxylic acids is 1. The fourth-order valence-electron chi connectivity index (χ4n) is 3.05. The molecule has 1 saturated heterocycles. The van der Waals surface area contributed by atoms with Gasteiger partial charge in [-0.05, 0) is 12.3 Å². The van der Waals surface area contributed by atoms with Crippen LogP contribution >= 0.6 is 0 Å². The Balaban J connectivity index is 2.09. The minimum atomic E-state index is -0.810. The van der Waals surface area contributed by atoms with Crippen LogP contribution < -0.4 is 0 Å². The molecule has 0 unspecified atom stereocenters. The number of carboxylic acid groups (broad SMARTS) is 1. The first-order chi connectivity index (χ1) is 8.61. The van der Waals surface area contributed by atoms with Gasteiger partial charge in [0.25, 0.3) is 0 Å². The Morgan fingerprint density at radius 1 is 1.44 bits per heavy atom. The molecule has 0 radical (unpaired) electrons. The number of fused-ring (bicyclic) bond motifs is 1. The maximum Gasteiger partial charge on any atom is 0.306 e. The van der Waals surface area contributed by atoms with Crippen LogP contribution in [0.1, 0.15) is 39.0 Å². The molecule has 0 aromatic rings. The highest BCUT2D eigenvalue weighted by atomic mass is 16.6. The third-order valence-electron chi connectivity index (χ3n) is 3.97. The lowest BCUT2D eigenvalue weighted by Gasteiger charge is -2.32. The van der Waals surface area contributed by atoms with Crippen molar-refractivity contribution in [3.8, 4) is 0 Å². The normalized spacial score (nSPS) is 34.2. The zero-order valence-corrected chi connectivity index (χ0v) is 10.7. The van der Waals surface area contributed by atoms with Gasteiger partial charge < -0.3 is 9.84 Å². The molecule has 4 atom stereocenters. The molecule has 1 fully saturated rings. The third-order valence-corrected chi connectivity index (χ3v) is 3.97. The summed E-state index contributed by atoms with van der Waals surface area (Å²) in [4.78, 5) is 22.3. The van der Waals surface area contributed by atoms with E-state index in [-0.39, 0.29) is 36.2 Å². The third kappa shape index (κ3) is 2.74. The van der Waals surface area contributed by atoms with Crippen molar-refractivity contribution >= 4 is 11.9 Å². The molecule has 2 rings (SSSR count). The highest BCUT2D eigenvalue weighted by Gasteiger charge is 2.45. The number of hydrogen-bond donors (Lipinski definition) is 1. The van der Waals surface area contributed by atoms with Crippen LogP contribution in [0.3, 0.4) is 0 Å². The van der Waals surface area contributed by atoms with Crippen molar-refractivity contribution in [2.45, 2.75) is 45.1 Å². The molecule has 1 aliphatic carbocycles. The van der Waals surface area contributed by atoms with Crippen LogP contribution in [0.4, 0.5) is 0 Å². The van der Waals surface area contributed by atoms with E-state index in [1.54, 1.807) is 0 Å². The fourth-order valence-corrected chi connectivity index (χ4v) is 3.05. The fraction of sp³-hybridized carbons (Fsp3) is 0.714. The summed E-state index contributed by atoms with van der Waals surface area (Å²) in [7, 11) is 0. The number of hydrogen-bond acceptors (Lipinski definition) is 3. The van der Waals surface area contributed by atoms with E-state index in [4.69, 9.17) is 9.84 Å². The van der Waals surface area contributed by atoms with E-state index >= 15 is 0 Å². The van der Waals surface area contributed by atoms with Gasteiger partial charge in [0.2, 0.25) is 0 Å². The summed E-state index contributed by atoms with van der Waals surface area (Å²) in [6, 6.07) is 0. The number of rotatable bonds is 5. The predicted octanol–water partition coefficient (Wildman–Crippen LogP) is 2.39. The number of carbonyl (C=O) groups is 2. The summed E-state index contributed by atoms with van der Waals surface area (Å²) < 4.78 is 5.40. The van der Waals surface area contributed by atoms with Gasteiger partial charge >= 0.3 is 11.9 Å². The zero-order valence-electron chi connectivity index (χ0n) is 10.7. The molecule has 1 N–H and O–H groups in total. The highest BCUT2D eigenvalue weighted by molar-refractivity contribution is 5.73. The predicted molar refractivity (Wildman–Crippen MR) is 65.9 cm³/mol. The van der Waals surface area contributed by atoms with Crippen molar-refractivity contribution in [2.24, 2.45) is 17.8 Å². The average Bonchev–Trinajstić information content (AvgIpc) is 2.69. The Kier molecular flexibility index (Phi) is 4.04. The minimum Gasteiger partial charge on any atom is -0.481 e. The number of unbranched alkanes of at least 4 members (excludes halogenated alkanes) is 1. The van der Waals surface area contributed by atoms with Gasteiger partial charge in [-0.2, -0.15) is 0 Å². The molecule has 18 heavy (non-hydrogen) atoms. The smallest absolute Gasteiger partial charge is 0.306 e. The van der Waals surface area contributed by atoms with Gasteiger partial charge in [-0.3, -0.25) is 9.59 Å². The van der Waals surface area contributed by atoms with Crippen molar-refractivity contribution in [3.05, 3.63) is 12.2 Å². The van der Waals surface area contributed by atoms with Gasteiger partial charge in [-0.25, -0.2) is 0 Å². The first-order valence-electron chi connectivity index (χ1n) is 6.71. The SMILES string of the molecule is CCCC[C@@H]1C=C[C@@H](CC(=O)O)[C@H]2CC(=O)O[C@H]21. The quantitative estimate of drug-likeness (QED) is 0.602. The van der Waals surface area contributed by atoms with Gasteiger partial charge in [-0.1, -0.05) is 31.9 Å². The van der Waals surface area contributed by atoms with Crippen molar-refractivity contribution in [2.75, 3.05) is 0 Å². The lowest BCUT2D eigenvalue weighted by atomic mass is 9.74. The second-order valence-electron chi connectivity index (χ2n) is 5.28. The van der Waals surface area contributed by atoms with E-state index in [1.807, 2.05) is 6.08 Å². The molecule has 0 saturated carbocycles. The molecule has 0 aromatic heterocycles. The molecule has 2 aliphatic rings. The van der Waals surface area contributed by atoms with E-state index in [0.29, 0.717) is 6.42 Å². The molecule has 0 bridgehead atoms. The monoisotopic (exact) mass is 252 g/mol. The number of aliphatic carboxylic acids is 1. The van der Waals surface area contributed by atoms with Gasteiger partial charge in [-0.15, -0.1) is 0 Å². The minimum absolute atomic E-state index is 0.0560. The van der Waals surface area contributed by atoms with Crippen LogP contribution in [0.2, 0.25) is 0 Å². The van der Waals surface area contributed by atoms with E-state index in [0.717, 1.165) is 19.3 Å². The summed E-state index contributed by atoms with van der Waals surface area (Å²) in [5, 5.41) is 8.90. The Bertz CT molecular complexity index is 361. The van der Waals surface area contributed by atoms with E-state index in [9.17, 15) is 9.59 Å². The number of carboxylic acids is 1.